The van der Waals surface area contributed by atoms with Gasteiger partial charge in [-0.15, -0.1) is 0 Å². The monoisotopic (exact) mass is 163 g/mol. The zero-order valence-electron chi connectivity index (χ0n) is 6.87. The number of likely N-dealkylation sites (N-methyl/N-ethyl adjacent to an activating group) is 1. The average Bonchev–Trinajstić information content (AvgIpc) is 2.04. The predicted molar refractivity (Wildman–Crippen MR) is 42.5 cm³/mol. The van der Waals surface area contributed by atoms with Crippen molar-refractivity contribution in [2.24, 2.45) is 0 Å². The second-order valence-electron chi connectivity index (χ2n) is 2.96. The third-order valence-electron chi connectivity index (χ3n) is 2.02. The number of rotatable bonds is 0. The van der Waals surface area contributed by atoms with E-state index in [1.807, 2.05) is 7.05 Å². The fourth-order valence-electron chi connectivity index (χ4n) is 1.33. The summed E-state index contributed by atoms with van der Waals surface area (Å²) in [6, 6.07) is 2.43. The molecule has 12 heavy (non-hydrogen) atoms. The van der Waals surface area contributed by atoms with Crippen LogP contribution < -0.4 is 5.56 Å². The molecular weight excluding hydrogens is 154 g/mol. The molecule has 0 spiro atoms. The lowest BCUT2D eigenvalue weighted by molar-refractivity contribution is 0.258. The molecule has 0 aromatic carbocycles. The van der Waals surface area contributed by atoms with Crippen LogP contribution in [0, 0.1) is 12.3 Å². The van der Waals surface area contributed by atoms with E-state index in [2.05, 4.69) is 22.1 Å². The smallest absolute Gasteiger partial charge is 0.297 e. The number of aromatic nitrogens is 2. The van der Waals surface area contributed by atoms with E-state index in [1.54, 1.807) is 4.57 Å². The molecule has 1 aliphatic rings. The minimum Gasteiger partial charge on any atom is -0.297 e. The Hall–Kier alpha value is -1.34. The molecule has 62 valence electrons. The van der Waals surface area contributed by atoms with Crippen LogP contribution >= 0.6 is 0 Å². The molecule has 2 rings (SSSR count). The predicted octanol–water partition coefficient (Wildman–Crippen LogP) is -0.711. The summed E-state index contributed by atoms with van der Waals surface area (Å²) in [5.74, 6) is 0.785. The first kappa shape index (κ1) is 7.32. The van der Waals surface area contributed by atoms with Gasteiger partial charge in [-0.05, 0) is 7.05 Å². The third kappa shape index (κ3) is 1.08. The van der Waals surface area contributed by atoms with Gasteiger partial charge in [0.05, 0.1) is 6.54 Å². The van der Waals surface area contributed by atoms with E-state index < -0.39 is 0 Å². The fraction of sp³-hybridized carbons (Fsp3) is 0.500. The maximum Gasteiger partial charge on any atom is 0.305 e. The zero-order valence-corrected chi connectivity index (χ0v) is 6.87. The number of hydrogen-bond donors (Lipinski definition) is 0. The van der Waals surface area contributed by atoms with E-state index in [4.69, 9.17) is 0 Å². The lowest BCUT2D eigenvalue weighted by atomic mass is 10.4. The molecule has 0 bridgehead atoms. The first-order chi connectivity index (χ1) is 5.77. The molecule has 1 aromatic heterocycles. The molecule has 0 saturated carbocycles. The van der Waals surface area contributed by atoms with Gasteiger partial charge in [0, 0.05) is 25.4 Å². The van der Waals surface area contributed by atoms with Crippen molar-refractivity contribution >= 4 is 0 Å². The van der Waals surface area contributed by atoms with E-state index in [9.17, 15) is 4.79 Å². The van der Waals surface area contributed by atoms with Gasteiger partial charge in [-0.1, -0.05) is 0 Å². The van der Waals surface area contributed by atoms with E-state index >= 15 is 0 Å². The largest absolute Gasteiger partial charge is 0.305 e. The first-order valence-corrected chi connectivity index (χ1v) is 3.85. The van der Waals surface area contributed by atoms with Crippen molar-refractivity contribution in [3.63, 3.8) is 0 Å². The second kappa shape index (κ2) is 2.61. The standard InChI is InChI=1S/C8H9N3O/c1-10-4-5-11-7(6-10)9-3-2-8(11)12/h4-6H2,1H3. The highest BCUT2D eigenvalue weighted by atomic mass is 16.1. The Kier molecular flexibility index (Phi) is 1.59. The summed E-state index contributed by atoms with van der Waals surface area (Å²) in [5, 5.41) is 0. The Bertz CT molecular complexity index is 344. The van der Waals surface area contributed by atoms with Crippen molar-refractivity contribution in [1.82, 2.24) is 14.5 Å². The Labute approximate surface area is 70.5 Å². The molecule has 0 unspecified atom stereocenters. The molecule has 0 radical (unpaired) electrons. The lowest BCUT2D eigenvalue weighted by Gasteiger charge is -2.23. The van der Waals surface area contributed by atoms with Crippen LogP contribution in [0.3, 0.4) is 0 Å². The van der Waals surface area contributed by atoms with Crippen LogP contribution in [0.5, 0.6) is 0 Å². The van der Waals surface area contributed by atoms with Gasteiger partial charge >= 0.3 is 5.56 Å². The molecule has 1 aliphatic heterocycles. The lowest BCUT2D eigenvalue weighted by Crippen LogP contribution is -2.37. The van der Waals surface area contributed by atoms with Gasteiger partial charge in [0.15, 0.2) is 0 Å². The van der Waals surface area contributed by atoms with Crippen LogP contribution in [0.1, 0.15) is 5.82 Å². The van der Waals surface area contributed by atoms with Gasteiger partial charge in [-0.25, -0.2) is 0 Å². The van der Waals surface area contributed by atoms with Crippen molar-refractivity contribution in [3.05, 3.63) is 28.4 Å². The van der Waals surface area contributed by atoms with Crippen LogP contribution in [0.15, 0.2) is 4.79 Å². The van der Waals surface area contributed by atoms with Gasteiger partial charge < -0.3 is 0 Å². The summed E-state index contributed by atoms with van der Waals surface area (Å²) in [6.07, 6.45) is 2.47. The van der Waals surface area contributed by atoms with Crippen LogP contribution in [0.2, 0.25) is 0 Å². The minimum atomic E-state index is -0.117. The summed E-state index contributed by atoms with van der Waals surface area (Å²) in [6.45, 7) is 2.33. The summed E-state index contributed by atoms with van der Waals surface area (Å²) in [7, 11) is 2.01. The molecule has 0 atom stereocenters. The number of hydrogen-bond acceptors (Lipinski definition) is 3. The third-order valence-corrected chi connectivity index (χ3v) is 2.02. The van der Waals surface area contributed by atoms with Gasteiger partial charge in [-0.3, -0.25) is 14.3 Å². The highest BCUT2D eigenvalue weighted by Gasteiger charge is 2.13. The molecule has 0 fully saturated rings. The molecule has 0 aliphatic carbocycles. The first-order valence-electron chi connectivity index (χ1n) is 3.85. The Morgan fingerprint density at radius 1 is 1.50 bits per heavy atom. The Morgan fingerprint density at radius 3 is 3.17 bits per heavy atom. The molecule has 4 heteroatoms. The number of fused-ring (bicyclic) bond motifs is 1. The Morgan fingerprint density at radius 2 is 2.33 bits per heavy atom. The molecule has 0 N–H and O–H groups in total. The zero-order chi connectivity index (χ0) is 8.55. The van der Waals surface area contributed by atoms with Crippen molar-refractivity contribution in [2.75, 3.05) is 13.6 Å². The highest BCUT2D eigenvalue weighted by Crippen LogP contribution is 2.02. The second-order valence-corrected chi connectivity index (χ2v) is 2.96. The van der Waals surface area contributed by atoms with Crippen molar-refractivity contribution in [1.29, 1.82) is 0 Å². The van der Waals surface area contributed by atoms with E-state index in [1.165, 1.54) is 0 Å². The normalized spacial score (nSPS) is 16.8. The molecule has 1 aromatic rings. The van der Waals surface area contributed by atoms with Gasteiger partial charge in [-0.2, -0.15) is 4.98 Å². The van der Waals surface area contributed by atoms with Gasteiger partial charge in [0.1, 0.15) is 5.82 Å². The van der Waals surface area contributed by atoms with Crippen LogP contribution in [0.4, 0.5) is 0 Å². The molecule has 4 nitrogen and oxygen atoms in total. The molecular formula is C8H9N3O. The molecule has 2 heterocycles. The quantitative estimate of drug-likeness (QED) is 0.507. The summed E-state index contributed by atoms with van der Waals surface area (Å²) >= 11 is 0. The minimum absolute atomic E-state index is 0.117. The van der Waals surface area contributed by atoms with Gasteiger partial charge in [0.2, 0.25) is 0 Å². The van der Waals surface area contributed by atoms with Crippen molar-refractivity contribution in [3.8, 4) is 0 Å². The van der Waals surface area contributed by atoms with Crippen LogP contribution in [-0.2, 0) is 13.1 Å². The maximum atomic E-state index is 11.2. The van der Waals surface area contributed by atoms with Crippen LogP contribution in [-0.4, -0.2) is 28.0 Å². The average molecular weight is 163 g/mol. The fourth-order valence-corrected chi connectivity index (χ4v) is 1.33. The van der Waals surface area contributed by atoms with E-state index in [0.717, 1.165) is 18.9 Å². The molecule has 0 saturated heterocycles. The van der Waals surface area contributed by atoms with E-state index in [-0.39, 0.29) is 5.56 Å². The van der Waals surface area contributed by atoms with Gasteiger partial charge in [0.25, 0.3) is 0 Å². The number of nitrogens with zero attached hydrogens (tertiary/aromatic N) is 3. The van der Waals surface area contributed by atoms with E-state index in [0.29, 0.717) is 6.54 Å². The maximum absolute atomic E-state index is 11.2. The SMILES string of the molecule is CN1CCn2c(nc#cc2=O)C1. The van der Waals surface area contributed by atoms with Crippen LogP contribution in [0.25, 0.3) is 0 Å². The van der Waals surface area contributed by atoms with Crippen molar-refractivity contribution in [2.45, 2.75) is 13.1 Å². The Balaban J connectivity index is 2.49. The summed E-state index contributed by atoms with van der Waals surface area (Å²) in [4.78, 5) is 17.3. The van der Waals surface area contributed by atoms with Crippen molar-refractivity contribution < 1.29 is 0 Å². The highest BCUT2D eigenvalue weighted by molar-refractivity contribution is 4.91. The topological polar surface area (TPSA) is 38.1 Å². The molecule has 0 amide bonds. The summed E-state index contributed by atoms with van der Waals surface area (Å²) < 4.78 is 1.65. The summed E-state index contributed by atoms with van der Waals surface area (Å²) in [5.41, 5.74) is -0.117.